The summed E-state index contributed by atoms with van der Waals surface area (Å²) in [7, 11) is 2.16. The molecule has 0 amide bonds. The molecule has 0 radical (unpaired) electrons. The summed E-state index contributed by atoms with van der Waals surface area (Å²) in [4.78, 5) is 11.4. The van der Waals surface area contributed by atoms with E-state index in [9.17, 15) is 0 Å². The normalized spacial score (nSPS) is 21.6. The Bertz CT molecular complexity index is 358. The number of hydrogen-bond acceptors (Lipinski definition) is 5. The lowest BCUT2D eigenvalue weighted by molar-refractivity contribution is 0.264. The highest BCUT2D eigenvalue weighted by atomic mass is 32.2. The van der Waals surface area contributed by atoms with E-state index in [1.54, 1.807) is 0 Å². The molecule has 2 rings (SSSR count). The maximum atomic E-state index is 4.66. The molecule has 0 saturated carbocycles. The summed E-state index contributed by atoms with van der Waals surface area (Å²) in [6.07, 6.45) is 1.88. The van der Waals surface area contributed by atoms with E-state index in [1.807, 2.05) is 24.0 Å². The van der Waals surface area contributed by atoms with Crippen molar-refractivity contribution in [3.8, 4) is 0 Å². The van der Waals surface area contributed by atoms with Gasteiger partial charge < -0.3 is 5.32 Å². The summed E-state index contributed by atoms with van der Waals surface area (Å²) in [6, 6.07) is 2.36. The van der Waals surface area contributed by atoms with Gasteiger partial charge in [0.15, 0.2) is 0 Å². The number of nitrogens with zero attached hydrogens (tertiary/aromatic N) is 3. The lowest BCUT2D eigenvalue weighted by Crippen LogP contribution is -2.34. The first kappa shape index (κ1) is 12.8. The number of thioether (sulfide) groups is 1. The zero-order valence-electron chi connectivity index (χ0n) is 10.5. The minimum atomic E-state index is 0.371. The predicted octanol–water partition coefficient (Wildman–Crippen LogP) is 1.31. The van der Waals surface area contributed by atoms with Crippen LogP contribution in [0.4, 0.5) is 0 Å². The molecule has 2 heterocycles. The highest BCUT2D eigenvalue weighted by Crippen LogP contribution is 2.25. The van der Waals surface area contributed by atoms with Gasteiger partial charge in [-0.2, -0.15) is 11.8 Å². The minimum Gasteiger partial charge on any atom is -0.311 e. The van der Waals surface area contributed by atoms with E-state index in [2.05, 4.69) is 34.2 Å². The summed E-state index contributed by atoms with van der Waals surface area (Å²) < 4.78 is 0. The van der Waals surface area contributed by atoms with Gasteiger partial charge in [0.2, 0.25) is 0 Å². The van der Waals surface area contributed by atoms with Crippen LogP contribution in [0.1, 0.15) is 24.5 Å². The van der Waals surface area contributed by atoms with Crippen LogP contribution in [-0.4, -0.2) is 46.5 Å². The largest absolute Gasteiger partial charge is 0.311 e. The maximum Gasteiger partial charge on any atom is 0.146 e. The van der Waals surface area contributed by atoms with Gasteiger partial charge >= 0.3 is 0 Å². The van der Waals surface area contributed by atoms with Gasteiger partial charge in [0.25, 0.3) is 0 Å². The van der Waals surface area contributed by atoms with Crippen molar-refractivity contribution in [2.45, 2.75) is 19.5 Å². The van der Waals surface area contributed by atoms with Crippen LogP contribution in [0.15, 0.2) is 12.3 Å². The second-order valence-corrected chi connectivity index (χ2v) is 5.41. The second-order valence-electron chi connectivity index (χ2n) is 4.26. The molecule has 0 aromatic carbocycles. The summed E-state index contributed by atoms with van der Waals surface area (Å²) in [5.41, 5.74) is 1.08. The molecule has 1 atom stereocenters. The molecule has 5 heteroatoms. The third-order valence-electron chi connectivity index (χ3n) is 2.98. The van der Waals surface area contributed by atoms with Crippen molar-refractivity contribution < 1.29 is 0 Å². The monoisotopic (exact) mass is 252 g/mol. The van der Waals surface area contributed by atoms with E-state index >= 15 is 0 Å². The van der Waals surface area contributed by atoms with Gasteiger partial charge in [-0.1, -0.05) is 6.92 Å². The molecule has 1 fully saturated rings. The third-order valence-corrected chi connectivity index (χ3v) is 4.00. The van der Waals surface area contributed by atoms with Crippen LogP contribution in [0.25, 0.3) is 0 Å². The first-order chi connectivity index (χ1) is 8.31. The Kier molecular flexibility index (Phi) is 4.76. The number of hydrogen-bond donors (Lipinski definition) is 1. The fraction of sp³-hybridized carbons (Fsp3) is 0.667. The highest BCUT2D eigenvalue weighted by molar-refractivity contribution is 7.99. The van der Waals surface area contributed by atoms with Crippen LogP contribution in [0.3, 0.4) is 0 Å². The third kappa shape index (κ3) is 3.40. The molecule has 4 nitrogen and oxygen atoms in total. The van der Waals surface area contributed by atoms with Crippen molar-refractivity contribution in [2.24, 2.45) is 0 Å². The van der Waals surface area contributed by atoms with Gasteiger partial charge in [0.05, 0.1) is 11.7 Å². The van der Waals surface area contributed by atoms with Crippen LogP contribution in [0.5, 0.6) is 0 Å². The summed E-state index contributed by atoms with van der Waals surface area (Å²) >= 11 is 1.99. The summed E-state index contributed by atoms with van der Waals surface area (Å²) in [5.74, 6) is 3.28. The number of nitrogens with one attached hydrogen (secondary N) is 1. The molecule has 1 aliphatic heterocycles. The van der Waals surface area contributed by atoms with Crippen LogP contribution in [0.2, 0.25) is 0 Å². The Balaban J connectivity index is 2.08. The van der Waals surface area contributed by atoms with Gasteiger partial charge in [0, 0.05) is 30.8 Å². The molecule has 1 unspecified atom stereocenters. The fourth-order valence-electron chi connectivity index (χ4n) is 1.88. The molecule has 17 heavy (non-hydrogen) atoms. The van der Waals surface area contributed by atoms with Crippen LogP contribution >= 0.6 is 11.8 Å². The molecule has 0 aliphatic carbocycles. The van der Waals surface area contributed by atoms with E-state index in [-0.39, 0.29) is 0 Å². The van der Waals surface area contributed by atoms with Crippen molar-refractivity contribution in [2.75, 3.05) is 31.6 Å². The maximum absolute atomic E-state index is 4.66. The van der Waals surface area contributed by atoms with E-state index < -0.39 is 0 Å². The van der Waals surface area contributed by atoms with Gasteiger partial charge in [-0.05, 0) is 19.7 Å². The zero-order valence-corrected chi connectivity index (χ0v) is 11.3. The van der Waals surface area contributed by atoms with Crippen LogP contribution in [-0.2, 0) is 6.54 Å². The lowest BCUT2D eigenvalue weighted by atomic mass is 10.2. The fourth-order valence-corrected chi connectivity index (χ4v) is 3.09. The van der Waals surface area contributed by atoms with Crippen molar-refractivity contribution >= 4 is 11.8 Å². The molecule has 1 aliphatic rings. The Morgan fingerprint density at radius 2 is 2.47 bits per heavy atom. The molecule has 1 aromatic heterocycles. The molecule has 0 bridgehead atoms. The molecule has 94 valence electrons. The molecular weight excluding hydrogens is 232 g/mol. The Morgan fingerprint density at radius 1 is 1.59 bits per heavy atom. The predicted molar refractivity (Wildman–Crippen MR) is 72.1 cm³/mol. The molecule has 1 aromatic rings. The zero-order chi connectivity index (χ0) is 12.1. The van der Waals surface area contributed by atoms with Crippen molar-refractivity contribution in [3.05, 3.63) is 23.8 Å². The SMILES string of the molecule is CCNCc1ccnc(C2CSCCN2C)n1. The Morgan fingerprint density at radius 3 is 3.24 bits per heavy atom. The van der Waals surface area contributed by atoms with Gasteiger partial charge in [-0.25, -0.2) is 9.97 Å². The van der Waals surface area contributed by atoms with Gasteiger partial charge in [-0.15, -0.1) is 0 Å². The van der Waals surface area contributed by atoms with Gasteiger partial charge in [-0.3, -0.25) is 4.90 Å². The molecular formula is C12H20N4S. The highest BCUT2D eigenvalue weighted by Gasteiger charge is 2.23. The summed E-state index contributed by atoms with van der Waals surface area (Å²) in [5, 5.41) is 3.30. The van der Waals surface area contributed by atoms with E-state index in [0.717, 1.165) is 36.9 Å². The standard InChI is InChI=1S/C12H20N4S/c1-3-13-8-10-4-5-14-12(15-10)11-9-17-7-6-16(11)2/h4-5,11,13H,3,6-9H2,1-2H3. The molecule has 1 saturated heterocycles. The first-order valence-corrected chi connectivity index (χ1v) is 7.27. The second kappa shape index (κ2) is 6.33. The first-order valence-electron chi connectivity index (χ1n) is 6.11. The van der Waals surface area contributed by atoms with Gasteiger partial charge in [0.1, 0.15) is 5.82 Å². The van der Waals surface area contributed by atoms with Crippen LogP contribution in [0, 0.1) is 0 Å². The summed E-state index contributed by atoms with van der Waals surface area (Å²) in [6.45, 7) is 5.03. The van der Waals surface area contributed by atoms with Crippen molar-refractivity contribution in [3.63, 3.8) is 0 Å². The minimum absolute atomic E-state index is 0.371. The average molecular weight is 252 g/mol. The van der Waals surface area contributed by atoms with Crippen molar-refractivity contribution in [1.82, 2.24) is 20.2 Å². The topological polar surface area (TPSA) is 41.1 Å². The van der Waals surface area contributed by atoms with Crippen LogP contribution < -0.4 is 5.32 Å². The Labute approximate surface area is 107 Å². The average Bonchev–Trinajstić information content (AvgIpc) is 2.37. The lowest BCUT2D eigenvalue weighted by Gasteiger charge is -2.30. The van der Waals surface area contributed by atoms with E-state index in [0.29, 0.717) is 6.04 Å². The van der Waals surface area contributed by atoms with Crippen molar-refractivity contribution in [1.29, 1.82) is 0 Å². The quantitative estimate of drug-likeness (QED) is 0.875. The van der Waals surface area contributed by atoms with E-state index in [1.165, 1.54) is 5.75 Å². The molecule has 0 spiro atoms. The smallest absolute Gasteiger partial charge is 0.146 e. The number of aromatic nitrogens is 2. The Hall–Kier alpha value is -0.650. The van der Waals surface area contributed by atoms with E-state index in [4.69, 9.17) is 0 Å². The molecule has 1 N–H and O–H groups in total. The number of rotatable bonds is 4.